The number of benzene rings is 1. The van der Waals surface area contributed by atoms with Crippen molar-refractivity contribution in [2.45, 2.75) is 33.7 Å². The van der Waals surface area contributed by atoms with Crippen molar-refractivity contribution in [3.05, 3.63) is 44.0 Å². The van der Waals surface area contributed by atoms with Crippen LogP contribution < -0.4 is 5.32 Å². The lowest BCUT2D eigenvalue weighted by Crippen LogP contribution is -2.41. The molecule has 114 valence electrons. The molecule has 8 heteroatoms. The summed E-state index contributed by atoms with van der Waals surface area (Å²) >= 11 is 0. The lowest BCUT2D eigenvalue weighted by molar-refractivity contribution is -0.394. The Labute approximate surface area is 121 Å². The Bertz CT molecular complexity index is 560. The quantitative estimate of drug-likeness (QED) is 0.677. The molecule has 1 rings (SSSR count). The second-order valence-electron chi connectivity index (χ2n) is 5.81. The molecule has 1 aromatic carbocycles. The van der Waals surface area contributed by atoms with Crippen LogP contribution in [0.25, 0.3) is 0 Å². The van der Waals surface area contributed by atoms with Gasteiger partial charge in [-0.1, -0.05) is 20.8 Å². The van der Waals surface area contributed by atoms with Crippen molar-refractivity contribution in [3.63, 3.8) is 0 Å². The molecule has 0 saturated heterocycles. The van der Waals surface area contributed by atoms with Gasteiger partial charge in [0.05, 0.1) is 21.5 Å². The summed E-state index contributed by atoms with van der Waals surface area (Å²) in [6.45, 7) is 7.57. The number of nitro benzene ring substituents is 2. The summed E-state index contributed by atoms with van der Waals surface area (Å²) in [5.74, 6) is -0.579. The summed E-state index contributed by atoms with van der Waals surface area (Å²) in [7, 11) is 0. The number of nitro groups is 2. The topological polar surface area (TPSA) is 115 Å². The van der Waals surface area contributed by atoms with Crippen molar-refractivity contribution in [1.82, 2.24) is 5.32 Å². The second-order valence-corrected chi connectivity index (χ2v) is 5.81. The molecular formula is C13H17N3O5. The average Bonchev–Trinajstić information content (AvgIpc) is 2.36. The fourth-order valence-electron chi connectivity index (χ4n) is 1.43. The number of nitrogens with one attached hydrogen (secondary N) is 1. The highest BCUT2D eigenvalue weighted by Gasteiger charge is 2.24. The molecule has 0 aliphatic rings. The number of carbonyl (C=O) groups excluding carboxylic acids is 1. The Balaban J connectivity index is 3.14. The SMILES string of the molecule is CC(NC(=O)c1cc([N+](=O)[O-])cc([N+](=O)[O-])c1)C(C)(C)C. The van der Waals surface area contributed by atoms with E-state index in [9.17, 15) is 25.0 Å². The van der Waals surface area contributed by atoms with Gasteiger partial charge >= 0.3 is 0 Å². The predicted octanol–water partition coefficient (Wildman–Crippen LogP) is 2.67. The molecular weight excluding hydrogens is 278 g/mol. The van der Waals surface area contributed by atoms with E-state index in [2.05, 4.69) is 5.32 Å². The van der Waals surface area contributed by atoms with Crippen molar-refractivity contribution in [2.24, 2.45) is 5.41 Å². The molecule has 1 N–H and O–H groups in total. The van der Waals surface area contributed by atoms with E-state index >= 15 is 0 Å². The molecule has 0 aliphatic carbocycles. The number of amides is 1. The van der Waals surface area contributed by atoms with Gasteiger partial charge in [-0.05, 0) is 12.3 Å². The Morgan fingerprint density at radius 1 is 1.10 bits per heavy atom. The van der Waals surface area contributed by atoms with Crippen molar-refractivity contribution >= 4 is 17.3 Å². The number of nitrogens with zero attached hydrogens (tertiary/aromatic N) is 2. The Kier molecular flexibility index (Phi) is 4.62. The Hall–Kier alpha value is -2.51. The molecule has 21 heavy (non-hydrogen) atoms. The molecule has 8 nitrogen and oxygen atoms in total. The maximum Gasteiger partial charge on any atom is 0.277 e. The predicted molar refractivity (Wildman–Crippen MR) is 76.1 cm³/mol. The van der Waals surface area contributed by atoms with Gasteiger partial charge in [0, 0.05) is 18.2 Å². The van der Waals surface area contributed by atoms with Crippen molar-refractivity contribution in [3.8, 4) is 0 Å². The first-order valence-electron chi connectivity index (χ1n) is 6.27. The van der Waals surface area contributed by atoms with Crippen LogP contribution in [0.4, 0.5) is 11.4 Å². The molecule has 1 atom stereocenters. The lowest BCUT2D eigenvalue weighted by atomic mass is 9.88. The summed E-state index contributed by atoms with van der Waals surface area (Å²) in [6, 6.07) is 2.67. The van der Waals surface area contributed by atoms with Gasteiger partial charge in [-0.3, -0.25) is 25.0 Å². The van der Waals surface area contributed by atoms with Crippen LogP contribution in [0.1, 0.15) is 38.1 Å². The van der Waals surface area contributed by atoms with Gasteiger partial charge in [-0.15, -0.1) is 0 Å². The van der Waals surface area contributed by atoms with Crippen LogP contribution in [0.3, 0.4) is 0 Å². The van der Waals surface area contributed by atoms with Crippen LogP contribution in [-0.4, -0.2) is 21.8 Å². The van der Waals surface area contributed by atoms with Gasteiger partial charge in [0.1, 0.15) is 0 Å². The maximum atomic E-state index is 12.1. The first kappa shape index (κ1) is 16.5. The van der Waals surface area contributed by atoms with Crippen molar-refractivity contribution in [2.75, 3.05) is 0 Å². The first-order chi connectivity index (χ1) is 9.52. The van der Waals surface area contributed by atoms with Crippen LogP contribution in [0, 0.1) is 25.6 Å². The summed E-state index contributed by atoms with van der Waals surface area (Å²) in [6.07, 6.45) is 0. The summed E-state index contributed by atoms with van der Waals surface area (Å²) < 4.78 is 0. The fraction of sp³-hybridized carbons (Fsp3) is 0.462. The van der Waals surface area contributed by atoms with Gasteiger partial charge in [0.25, 0.3) is 17.3 Å². The second kappa shape index (κ2) is 5.86. The molecule has 1 aromatic rings. The summed E-state index contributed by atoms with van der Waals surface area (Å²) in [5.41, 5.74) is -1.29. The highest BCUT2D eigenvalue weighted by Crippen LogP contribution is 2.24. The fourth-order valence-corrected chi connectivity index (χ4v) is 1.43. The zero-order chi connectivity index (χ0) is 16.4. The molecule has 0 fully saturated rings. The van der Waals surface area contributed by atoms with Crippen molar-refractivity contribution in [1.29, 1.82) is 0 Å². The minimum atomic E-state index is -0.767. The number of carbonyl (C=O) groups is 1. The van der Waals surface area contributed by atoms with Crippen LogP contribution in [0.15, 0.2) is 18.2 Å². The minimum Gasteiger partial charge on any atom is -0.349 e. The smallest absolute Gasteiger partial charge is 0.277 e. The number of non-ortho nitro benzene ring substituents is 2. The maximum absolute atomic E-state index is 12.1. The van der Waals surface area contributed by atoms with Gasteiger partial charge in [0.15, 0.2) is 0 Å². The van der Waals surface area contributed by atoms with E-state index in [0.29, 0.717) is 0 Å². The molecule has 1 amide bonds. The highest BCUT2D eigenvalue weighted by molar-refractivity contribution is 5.95. The van der Waals surface area contributed by atoms with Gasteiger partial charge in [0.2, 0.25) is 0 Å². The minimum absolute atomic E-state index is 0.105. The molecule has 0 aromatic heterocycles. The standard InChI is InChI=1S/C13H17N3O5/c1-8(13(2,3)4)14-12(17)9-5-10(15(18)19)7-11(6-9)16(20)21/h5-8H,1-4H3,(H,14,17). The molecule has 0 radical (unpaired) electrons. The van der Waals surface area contributed by atoms with E-state index < -0.39 is 27.1 Å². The molecule has 0 spiro atoms. The molecule has 0 saturated carbocycles. The largest absolute Gasteiger partial charge is 0.349 e. The van der Waals surface area contributed by atoms with Gasteiger partial charge < -0.3 is 5.32 Å². The molecule has 0 aliphatic heterocycles. The van der Waals surface area contributed by atoms with E-state index in [1.54, 1.807) is 6.92 Å². The highest BCUT2D eigenvalue weighted by atomic mass is 16.6. The first-order valence-corrected chi connectivity index (χ1v) is 6.27. The van der Waals surface area contributed by atoms with Crippen LogP contribution >= 0.6 is 0 Å². The van der Waals surface area contributed by atoms with Crippen LogP contribution in [0.5, 0.6) is 0 Å². The summed E-state index contributed by atoms with van der Waals surface area (Å²) in [4.78, 5) is 32.1. The van der Waals surface area contributed by atoms with Gasteiger partial charge in [-0.2, -0.15) is 0 Å². The van der Waals surface area contributed by atoms with Gasteiger partial charge in [-0.25, -0.2) is 0 Å². The lowest BCUT2D eigenvalue weighted by Gasteiger charge is -2.28. The Morgan fingerprint density at radius 2 is 1.52 bits per heavy atom. The van der Waals surface area contributed by atoms with E-state index in [1.807, 2.05) is 20.8 Å². The number of rotatable bonds is 4. The van der Waals surface area contributed by atoms with E-state index in [-0.39, 0.29) is 17.0 Å². The third-order valence-corrected chi connectivity index (χ3v) is 3.23. The van der Waals surface area contributed by atoms with E-state index in [1.165, 1.54) is 0 Å². The van der Waals surface area contributed by atoms with Crippen LogP contribution in [0.2, 0.25) is 0 Å². The monoisotopic (exact) mass is 295 g/mol. The van der Waals surface area contributed by atoms with E-state index in [4.69, 9.17) is 0 Å². The number of hydrogen-bond donors (Lipinski definition) is 1. The molecule has 0 bridgehead atoms. The zero-order valence-electron chi connectivity index (χ0n) is 12.2. The van der Waals surface area contributed by atoms with Crippen LogP contribution in [-0.2, 0) is 0 Å². The average molecular weight is 295 g/mol. The molecule has 0 heterocycles. The van der Waals surface area contributed by atoms with Crippen molar-refractivity contribution < 1.29 is 14.6 Å². The summed E-state index contributed by atoms with van der Waals surface area (Å²) in [5, 5.41) is 24.3. The third-order valence-electron chi connectivity index (χ3n) is 3.23. The Morgan fingerprint density at radius 3 is 1.86 bits per heavy atom. The molecule has 1 unspecified atom stereocenters. The third kappa shape index (κ3) is 4.23. The number of hydrogen-bond acceptors (Lipinski definition) is 5. The van der Waals surface area contributed by atoms with E-state index in [0.717, 1.165) is 18.2 Å². The zero-order valence-corrected chi connectivity index (χ0v) is 12.2. The normalized spacial score (nSPS) is 12.6.